The SMILES string of the molecule is Cn1cc(-c2ccnc(N3CCCC3)n2)c([C@H]2CCCN2C(=O)CC2CCCCC2)n1. The number of aryl methyl sites for hydroxylation is 1. The fraction of sp³-hybridized carbons (Fsp3) is 0.667. The molecule has 2 aromatic rings. The predicted molar refractivity (Wildman–Crippen MR) is 121 cm³/mol. The van der Waals surface area contributed by atoms with Crippen LogP contribution in [0.3, 0.4) is 0 Å². The van der Waals surface area contributed by atoms with Gasteiger partial charge >= 0.3 is 0 Å². The maximum atomic E-state index is 13.2. The number of hydrogen-bond acceptors (Lipinski definition) is 5. The second-order valence-electron chi connectivity index (χ2n) is 9.49. The summed E-state index contributed by atoms with van der Waals surface area (Å²) in [5, 5.41) is 4.82. The lowest BCUT2D eigenvalue weighted by Crippen LogP contribution is -2.32. The molecule has 0 N–H and O–H groups in total. The van der Waals surface area contributed by atoms with Gasteiger partial charge in [-0.1, -0.05) is 19.3 Å². The van der Waals surface area contributed by atoms with Gasteiger partial charge in [-0.3, -0.25) is 9.48 Å². The molecule has 0 spiro atoms. The standard InChI is InChI=1S/C24H34N6O/c1-28-17-19(20-11-12-25-24(26-20)29-13-5-6-14-29)23(27-28)21-10-7-15-30(21)22(31)16-18-8-3-2-4-9-18/h11-12,17-18,21H,2-10,13-16H2,1H3/t21-/m1/s1. The van der Waals surface area contributed by atoms with E-state index in [-0.39, 0.29) is 6.04 Å². The number of likely N-dealkylation sites (tertiary alicyclic amines) is 1. The molecule has 0 radical (unpaired) electrons. The number of aromatic nitrogens is 4. The molecule has 0 bridgehead atoms. The molecular weight excluding hydrogens is 388 g/mol. The molecule has 5 rings (SSSR count). The summed E-state index contributed by atoms with van der Waals surface area (Å²) in [6, 6.07) is 2.03. The van der Waals surface area contributed by atoms with Crippen LogP contribution in [0.4, 0.5) is 5.95 Å². The van der Waals surface area contributed by atoms with E-state index in [9.17, 15) is 4.79 Å². The van der Waals surface area contributed by atoms with Crippen LogP contribution in [0.5, 0.6) is 0 Å². The fourth-order valence-electron chi connectivity index (χ4n) is 5.62. The largest absolute Gasteiger partial charge is 0.341 e. The molecule has 3 aliphatic rings. The minimum atomic E-state index is 0.0532. The predicted octanol–water partition coefficient (Wildman–Crippen LogP) is 4.11. The van der Waals surface area contributed by atoms with Gasteiger partial charge in [-0.05, 0) is 50.5 Å². The Morgan fingerprint density at radius 2 is 1.84 bits per heavy atom. The smallest absolute Gasteiger partial charge is 0.225 e. The molecule has 4 heterocycles. The zero-order chi connectivity index (χ0) is 21.2. The number of nitrogens with zero attached hydrogens (tertiary/aromatic N) is 6. The average Bonchev–Trinajstić information content (AvgIpc) is 3.55. The lowest BCUT2D eigenvalue weighted by molar-refractivity contribution is -0.133. The van der Waals surface area contributed by atoms with Crippen molar-refractivity contribution in [2.24, 2.45) is 13.0 Å². The van der Waals surface area contributed by atoms with Crippen LogP contribution in [0.1, 0.15) is 75.9 Å². The van der Waals surface area contributed by atoms with Gasteiger partial charge in [0.2, 0.25) is 11.9 Å². The molecule has 1 saturated carbocycles. The van der Waals surface area contributed by atoms with Crippen molar-refractivity contribution in [1.82, 2.24) is 24.6 Å². The Morgan fingerprint density at radius 1 is 1.03 bits per heavy atom. The summed E-state index contributed by atoms with van der Waals surface area (Å²) in [4.78, 5) is 27.0. The van der Waals surface area contributed by atoms with Crippen molar-refractivity contribution in [2.75, 3.05) is 24.5 Å². The van der Waals surface area contributed by atoms with Crippen LogP contribution < -0.4 is 4.90 Å². The first-order chi connectivity index (χ1) is 15.2. The van der Waals surface area contributed by atoms with E-state index < -0.39 is 0 Å². The molecule has 7 heteroatoms. The Morgan fingerprint density at radius 3 is 2.65 bits per heavy atom. The summed E-state index contributed by atoms with van der Waals surface area (Å²) < 4.78 is 1.87. The van der Waals surface area contributed by atoms with Crippen molar-refractivity contribution in [2.45, 2.75) is 70.3 Å². The minimum absolute atomic E-state index is 0.0532. The number of rotatable bonds is 5. The van der Waals surface area contributed by atoms with Gasteiger partial charge in [0.25, 0.3) is 0 Å². The van der Waals surface area contributed by atoms with Gasteiger partial charge < -0.3 is 9.80 Å². The second kappa shape index (κ2) is 8.97. The third-order valence-electron chi connectivity index (χ3n) is 7.24. The lowest BCUT2D eigenvalue weighted by atomic mass is 9.86. The molecule has 1 aliphatic carbocycles. The van der Waals surface area contributed by atoms with Crippen molar-refractivity contribution >= 4 is 11.9 Å². The summed E-state index contributed by atoms with van der Waals surface area (Å²) in [7, 11) is 1.96. The molecule has 2 aromatic heterocycles. The minimum Gasteiger partial charge on any atom is -0.341 e. The summed E-state index contributed by atoms with van der Waals surface area (Å²) >= 11 is 0. The van der Waals surface area contributed by atoms with Gasteiger partial charge in [0.05, 0.1) is 17.4 Å². The van der Waals surface area contributed by atoms with Crippen molar-refractivity contribution in [1.29, 1.82) is 0 Å². The van der Waals surface area contributed by atoms with E-state index in [0.717, 1.165) is 55.4 Å². The second-order valence-corrected chi connectivity index (χ2v) is 9.49. The third kappa shape index (κ3) is 4.32. The number of hydrogen-bond donors (Lipinski definition) is 0. The number of anilines is 1. The third-order valence-corrected chi connectivity index (χ3v) is 7.24. The topological polar surface area (TPSA) is 67.2 Å². The molecule has 0 aromatic carbocycles. The molecule has 31 heavy (non-hydrogen) atoms. The summed E-state index contributed by atoms with van der Waals surface area (Å²) in [6.07, 6.45) is 15.3. The molecule has 2 saturated heterocycles. The zero-order valence-electron chi connectivity index (χ0n) is 18.7. The molecule has 3 fully saturated rings. The maximum absolute atomic E-state index is 13.2. The maximum Gasteiger partial charge on any atom is 0.225 e. The highest BCUT2D eigenvalue weighted by atomic mass is 16.2. The molecule has 1 atom stereocenters. The molecule has 7 nitrogen and oxygen atoms in total. The van der Waals surface area contributed by atoms with Crippen LogP contribution in [0.2, 0.25) is 0 Å². The van der Waals surface area contributed by atoms with Crippen LogP contribution in [0, 0.1) is 5.92 Å². The van der Waals surface area contributed by atoms with Gasteiger partial charge in [0.1, 0.15) is 0 Å². The zero-order valence-corrected chi connectivity index (χ0v) is 18.7. The number of amides is 1. The Bertz CT molecular complexity index is 913. The van der Waals surface area contributed by atoms with Crippen LogP contribution in [0.25, 0.3) is 11.3 Å². The highest BCUT2D eigenvalue weighted by Gasteiger charge is 2.35. The van der Waals surface area contributed by atoms with Crippen molar-refractivity contribution in [3.8, 4) is 11.3 Å². The Labute approximate surface area is 184 Å². The van der Waals surface area contributed by atoms with E-state index >= 15 is 0 Å². The van der Waals surface area contributed by atoms with Crippen LogP contribution in [-0.2, 0) is 11.8 Å². The highest BCUT2D eigenvalue weighted by Crippen LogP contribution is 2.38. The van der Waals surface area contributed by atoms with Crippen molar-refractivity contribution in [3.05, 3.63) is 24.2 Å². The summed E-state index contributed by atoms with van der Waals surface area (Å²) in [5.74, 6) is 1.68. The Hall–Kier alpha value is -2.44. The van der Waals surface area contributed by atoms with E-state index in [2.05, 4.69) is 14.8 Å². The average molecular weight is 423 g/mol. The van der Waals surface area contributed by atoms with Gasteiger partial charge in [-0.2, -0.15) is 5.10 Å². The van der Waals surface area contributed by atoms with E-state index in [1.807, 2.05) is 30.2 Å². The van der Waals surface area contributed by atoms with Gasteiger partial charge in [0.15, 0.2) is 0 Å². The quantitative estimate of drug-likeness (QED) is 0.725. The van der Waals surface area contributed by atoms with E-state index in [4.69, 9.17) is 10.1 Å². The van der Waals surface area contributed by atoms with Crippen LogP contribution >= 0.6 is 0 Å². The Kier molecular flexibility index (Phi) is 5.92. The first kappa shape index (κ1) is 20.5. The first-order valence-corrected chi connectivity index (χ1v) is 12.1. The van der Waals surface area contributed by atoms with Gasteiger partial charge in [-0.25, -0.2) is 9.97 Å². The number of carbonyl (C=O) groups is 1. The van der Waals surface area contributed by atoms with Gasteiger partial charge in [0, 0.05) is 51.1 Å². The molecule has 1 amide bonds. The van der Waals surface area contributed by atoms with Crippen molar-refractivity contribution in [3.63, 3.8) is 0 Å². The number of carbonyl (C=O) groups excluding carboxylic acids is 1. The lowest BCUT2D eigenvalue weighted by Gasteiger charge is -2.28. The van der Waals surface area contributed by atoms with Gasteiger partial charge in [-0.15, -0.1) is 0 Å². The monoisotopic (exact) mass is 422 g/mol. The first-order valence-electron chi connectivity index (χ1n) is 12.1. The highest BCUT2D eigenvalue weighted by molar-refractivity contribution is 5.78. The summed E-state index contributed by atoms with van der Waals surface area (Å²) in [6.45, 7) is 2.89. The van der Waals surface area contributed by atoms with E-state index in [1.165, 1.54) is 44.9 Å². The summed E-state index contributed by atoms with van der Waals surface area (Å²) in [5.41, 5.74) is 2.93. The Balaban J connectivity index is 1.39. The molecule has 2 aliphatic heterocycles. The normalized spacial score (nSPS) is 22.4. The van der Waals surface area contributed by atoms with E-state index in [0.29, 0.717) is 18.2 Å². The van der Waals surface area contributed by atoms with Crippen molar-refractivity contribution < 1.29 is 4.79 Å². The molecule has 0 unspecified atom stereocenters. The van der Waals surface area contributed by atoms with E-state index in [1.54, 1.807) is 0 Å². The van der Waals surface area contributed by atoms with Crippen LogP contribution in [-0.4, -0.2) is 50.2 Å². The molecular formula is C24H34N6O. The molecule has 166 valence electrons. The fourth-order valence-corrected chi connectivity index (χ4v) is 5.62. The van der Waals surface area contributed by atoms with Crippen LogP contribution in [0.15, 0.2) is 18.5 Å².